The Balaban J connectivity index is 2.72. The molecule has 0 atom stereocenters. The molecule has 0 aromatic heterocycles. The predicted molar refractivity (Wildman–Crippen MR) is 79.2 cm³/mol. The Labute approximate surface area is 117 Å². The van der Waals surface area contributed by atoms with Gasteiger partial charge in [-0.25, -0.2) is 0 Å². The lowest BCUT2D eigenvalue weighted by Crippen LogP contribution is -2.39. The van der Waals surface area contributed by atoms with E-state index in [4.69, 9.17) is 5.73 Å². The molecule has 0 aliphatic heterocycles. The zero-order chi connectivity index (χ0) is 14.4. The highest BCUT2D eigenvalue weighted by molar-refractivity contribution is 7.80. The molecule has 0 aliphatic carbocycles. The van der Waals surface area contributed by atoms with Gasteiger partial charge in [0.05, 0.1) is 22.9 Å². The minimum atomic E-state index is -0.777. The van der Waals surface area contributed by atoms with Gasteiger partial charge < -0.3 is 21.3 Å². The van der Waals surface area contributed by atoms with Crippen LogP contribution in [0, 0.1) is 0 Å². The highest BCUT2D eigenvalue weighted by Gasteiger charge is 2.15. The van der Waals surface area contributed by atoms with E-state index in [-0.39, 0.29) is 11.5 Å². The molecule has 1 aromatic rings. The summed E-state index contributed by atoms with van der Waals surface area (Å²) in [6, 6.07) is 7.17. The molecule has 102 valence electrons. The van der Waals surface area contributed by atoms with Crippen LogP contribution in [0.15, 0.2) is 24.3 Å². The molecule has 0 aliphatic rings. The second-order valence-corrected chi connectivity index (χ2v) is 4.54. The van der Waals surface area contributed by atoms with E-state index in [1.54, 1.807) is 12.1 Å². The maximum atomic E-state index is 11.7. The Morgan fingerprint density at radius 3 is 2.47 bits per heavy atom. The Morgan fingerprint density at radius 2 is 1.89 bits per heavy atom. The number of anilines is 2. The predicted octanol–water partition coefficient (Wildman–Crippen LogP) is 0.0934. The normalized spacial score (nSPS) is 9.58. The largest absolute Gasteiger partial charge is 0.392 e. The molecule has 6 nitrogen and oxygen atoms in total. The Kier molecular flexibility index (Phi) is 5.25. The molecule has 19 heavy (non-hydrogen) atoms. The van der Waals surface area contributed by atoms with Crippen molar-refractivity contribution in [1.29, 1.82) is 0 Å². The summed E-state index contributed by atoms with van der Waals surface area (Å²) < 4.78 is 0. The van der Waals surface area contributed by atoms with E-state index >= 15 is 0 Å². The van der Waals surface area contributed by atoms with Crippen LogP contribution >= 0.6 is 12.2 Å². The standard InChI is InChI=1S/C12H16N4O2S/c1-16(2)9-6-4-3-5-8(9)15-12(18)11(17)14-7-10(13)19/h3-6H,7H2,1-2H3,(H2,13,19)(H,14,17)(H,15,18). The molecule has 7 heteroatoms. The van der Waals surface area contributed by atoms with Crippen molar-refractivity contribution in [3.8, 4) is 0 Å². The van der Waals surface area contributed by atoms with Gasteiger partial charge in [0.15, 0.2) is 0 Å². The summed E-state index contributed by atoms with van der Waals surface area (Å²) in [5.74, 6) is -1.54. The van der Waals surface area contributed by atoms with E-state index in [1.165, 1.54) is 0 Å². The fraction of sp³-hybridized carbons (Fsp3) is 0.250. The lowest BCUT2D eigenvalue weighted by atomic mass is 10.2. The number of thiocarbonyl (C=S) groups is 1. The molecule has 0 unspecified atom stereocenters. The Hall–Kier alpha value is -2.15. The van der Waals surface area contributed by atoms with Crippen LogP contribution in [0.2, 0.25) is 0 Å². The van der Waals surface area contributed by atoms with Gasteiger partial charge in [-0.1, -0.05) is 24.4 Å². The zero-order valence-corrected chi connectivity index (χ0v) is 11.6. The minimum Gasteiger partial charge on any atom is -0.392 e. The number of nitrogens with two attached hydrogens (primary N) is 1. The number of amides is 2. The number of benzene rings is 1. The molecule has 0 fully saturated rings. The first-order chi connectivity index (χ1) is 8.91. The third-order valence-electron chi connectivity index (χ3n) is 2.26. The van der Waals surface area contributed by atoms with Gasteiger partial charge in [-0.2, -0.15) is 0 Å². The van der Waals surface area contributed by atoms with E-state index in [0.29, 0.717) is 5.69 Å². The van der Waals surface area contributed by atoms with Gasteiger partial charge in [-0.05, 0) is 12.1 Å². The van der Waals surface area contributed by atoms with Gasteiger partial charge >= 0.3 is 11.8 Å². The van der Waals surface area contributed by atoms with Gasteiger partial charge in [0.25, 0.3) is 0 Å². The summed E-state index contributed by atoms with van der Waals surface area (Å²) in [4.78, 5) is 25.1. The van der Waals surface area contributed by atoms with E-state index < -0.39 is 11.8 Å². The van der Waals surface area contributed by atoms with Crippen LogP contribution in [-0.2, 0) is 9.59 Å². The van der Waals surface area contributed by atoms with E-state index in [2.05, 4.69) is 22.9 Å². The first-order valence-corrected chi connectivity index (χ1v) is 5.96. The smallest absolute Gasteiger partial charge is 0.313 e. The lowest BCUT2D eigenvalue weighted by molar-refractivity contribution is -0.135. The van der Waals surface area contributed by atoms with Gasteiger partial charge in [0.1, 0.15) is 0 Å². The SMILES string of the molecule is CN(C)c1ccccc1NC(=O)C(=O)NCC(N)=S. The number of carbonyl (C=O) groups is 2. The molecule has 0 bridgehead atoms. The quantitative estimate of drug-likeness (QED) is 0.537. The number of nitrogens with zero attached hydrogens (tertiary/aromatic N) is 1. The number of rotatable bonds is 4. The molecule has 2 amide bonds. The molecule has 1 aromatic carbocycles. The molecule has 0 saturated heterocycles. The molecular weight excluding hydrogens is 264 g/mol. The van der Waals surface area contributed by atoms with Gasteiger partial charge in [0.2, 0.25) is 0 Å². The Bertz CT molecular complexity index is 502. The molecule has 0 radical (unpaired) electrons. The van der Waals surface area contributed by atoms with Crippen LogP contribution in [0.1, 0.15) is 0 Å². The fourth-order valence-corrected chi connectivity index (χ4v) is 1.47. The van der Waals surface area contributed by atoms with Crippen LogP contribution in [0.25, 0.3) is 0 Å². The van der Waals surface area contributed by atoms with Crippen molar-refractivity contribution >= 4 is 40.4 Å². The van der Waals surface area contributed by atoms with Gasteiger partial charge in [-0.15, -0.1) is 0 Å². The second kappa shape index (κ2) is 6.69. The highest BCUT2D eigenvalue weighted by atomic mass is 32.1. The van der Waals surface area contributed by atoms with E-state index in [1.807, 2.05) is 31.1 Å². The maximum Gasteiger partial charge on any atom is 0.313 e. The van der Waals surface area contributed by atoms with Crippen LogP contribution in [0.4, 0.5) is 11.4 Å². The first-order valence-electron chi connectivity index (χ1n) is 5.55. The third-order valence-corrected chi connectivity index (χ3v) is 2.41. The van der Waals surface area contributed by atoms with Crippen LogP contribution in [-0.4, -0.2) is 37.4 Å². The average molecular weight is 280 g/mol. The Morgan fingerprint density at radius 1 is 1.26 bits per heavy atom. The summed E-state index contributed by atoms with van der Waals surface area (Å²) in [7, 11) is 3.69. The monoisotopic (exact) mass is 280 g/mol. The molecule has 0 saturated carbocycles. The topological polar surface area (TPSA) is 87.5 Å². The van der Waals surface area contributed by atoms with Crippen molar-refractivity contribution in [2.75, 3.05) is 30.9 Å². The number of para-hydroxylation sites is 2. The summed E-state index contributed by atoms with van der Waals surface area (Å²) in [5.41, 5.74) is 6.60. The lowest BCUT2D eigenvalue weighted by Gasteiger charge is -2.17. The van der Waals surface area contributed by atoms with Crippen LogP contribution in [0.5, 0.6) is 0 Å². The van der Waals surface area contributed by atoms with Crippen molar-refractivity contribution in [2.45, 2.75) is 0 Å². The number of hydrogen-bond acceptors (Lipinski definition) is 4. The number of nitrogens with one attached hydrogen (secondary N) is 2. The molecule has 1 rings (SSSR count). The first kappa shape index (κ1) is 14.9. The van der Waals surface area contributed by atoms with Crippen molar-refractivity contribution < 1.29 is 9.59 Å². The van der Waals surface area contributed by atoms with Gasteiger partial charge in [0, 0.05) is 14.1 Å². The van der Waals surface area contributed by atoms with Crippen molar-refractivity contribution in [2.24, 2.45) is 5.73 Å². The van der Waals surface area contributed by atoms with Crippen LogP contribution in [0.3, 0.4) is 0 Å². The van der Waals surface area contributed by atoms with Gasteiger partial charge in [-0.3, -0.25) is 9.59 Å². The maximum absolute atomic E-state index is 11.7. The summed E-state index contributed by atoms with van der Waals surface area (Å²) in [6.45, 7) is -0.00306. The van der Waals surface area contributed by atoms with Crippen molar-refractivity contribution in [3.05, 3.63) is 24.3 Å². The molecule has 0 spiro atoms. The fourth-order valence-electron chi connectivity index (χ4n) is 1.40. The summed E-state index contributed by atoms with van der Waals surface area (Å²) >= 11 is 4.61. The summed E-state index contributed by atoms with van der Waals surface area (Å²) in [5, 5.41) is 4.86. The number of carbonyl (C=O) groups excluding carboxylic acids is 2. The van der Waals surface area contributed by atoms with Crippen molar-refractivity contribution in [3.63, 3.8) is 0 Å². The van der Waals surface area contributed by atoms with Crippen molar-refractivity contribution in [1.82, 2.24) is 5.32 Å². The second-order valence-electron chi connectivity index (χ2n) is 4.01. The minimum absolute atomic E-state index is 0.00306. The highest BCUT2D eigenvalue weighted by Crippen LogP contribution is 2.23. The molecular formula is C12H16N4O2S. The van der Waals surface area contributed by atoms with E-state index in [0.717, 1.165) is 5.69 Å². The van der Waals surface area contributed by atoms with E-state index in [9.17, 15) is 9.59 Å². The molecule has 0 heterocycles. The summed E-state index contributed by atoms with van der Waals surface area (Å²) in [6.07, 6.45) is 0. The number of hydrogen-bond donors (Lipinski definition) is 3. The van der Waals surface area contributed by atoms with Crippen LogP contribution < -0.4 is 21.3 Å². The third kappa shape index (κ3) is 4.55. The zero-order valence-electron chi connectivity index (χ0n) is 10.8. The average Bonchev–Trinajstić information content (AvgIpc) is 2.36. The molecule has 4 N–H and O–H groups in total.